The fourth-order valence-corrected chi connectivity index (χ4v) is 3.63. The number of aromatic nitrogens is 2. The Morgan fingerprint density at radius 3 is 2.96 bits per heavy atom. The van der Waals surface area contributed by atoms with Crippen molar-refractivity contribution in [3.05, 3.63) is 83.1 Å². The number of aryl methyl sites for hydroxylation is 1. The van der Waals surface area contributed by atoms with Crippen molar-refractivity contribution in [3.63, 3.8) is 0 Å². The summed E-state index contributed by atoms with van der Waals surface area (Å²) in [7, 11) is 0. The van der Waals surface area contributed by atoms with Crippen molar-refractivity contribution in [2.75, 3.05) is 13.1 Å². The van der Waals surface area contributed by atoms with Crippen molar-refractivity contribution in [2.24, 2.45) is 0 Å². The maximum absolute atomic E-state index is 13.4. The first-order valence-electron chi connectivity index (χ1n) is 9.50. The van der Waals surface area contributed by atoms with E-state index in [1.54, 1.807) is 18.3 Å². The molecule has 1 fully saturated rings. The van der Waals surface area contributed by atoms with Gasteiger partial charge >= 0.3 is 0 Å². The highest BCUT2D eigenvalue weighted by atomic mass is 19.1. The molecule has 4 rings (SSSR count). The Labute approximate surface area is 163 Å². The van der Waals surface area contributed by atoms with Crippen molar-refractivity contribution < 1.29 is 13.6 Å². The van der Waals surface area contributed by atoms with Crippen LogP contribution in [0.15, 0.2) is 53.1 Å². The van der Waals surface area contributed by atoms with Gasteiger partial charge in [-0.05, 0) is 49.6 Å². The molecule has 1 atom stereocenters. The number of oxazole rings is 1. The van der Waals surface area contributed by atoms with Crippen molar-refractivity contribution in [3.8, 4) is 0 Å². The summed E-state index contributed by atoms with van der Waals surface area (Å²) in [6, 6.07) is 11.9. The monoisotopic (exact) mass is 379 g/mol. The zero-order valence-electron chi connectivity index (χ0n) is 15.8. The average molecular weight is 379 g/mol. The fraction of sp³-hybridized carbons (Fsp3) is 0.318. The molecule has 0 bridgehead atoms. The van der Waals surface area contributed by atoms with Gasteiger partial charge in [-0.15, -0.1) is 0 Å². The first-order valence-corrected chi connectivity index (χ1v) is 9.50. The molecular formula is C22H22FN3O2. The van der Waals surface area contributed by atoms with Crippen LogP contribution in [0.1, 0.15) is 52.2 Å². The number of hydrogen-bond donors (Lipinski definition) is 0. The molecule has 0 radical (unpaired) electrons. The van der Waals surface area contributed by atoms with Crippen LogP contribution in [-0.4, -0.2) is 33.9 Å². The number of pyridine rings is 1. The van der Waals surface area contributed by atoms with Gasteiger partial charge in [0.2, 0.25) is 0 Å². The number of carbonyl (C=O) groups is 1. The Kier molecular flexibility index (Phi) is 5.19. The van der Waals surface area contributed by atoms with Gasteiger partial charge in [0.1, 0.15) is 17.3 Å². The molecule has 1 unspecified atom stereocenters. The Morgan fingerprint density at radius 1 is 1.29 bits per heavy atom. The molecule has 5 nitrogen and oxygen atoms in total. The molecule has 0 spiro atoms. The second-order valence-corrected chi connectivity index (χ2v) is 7.23. The highest BCUT2D eigenvalue weighted by Gasteiger charge is 2.29. The molecule has 1 aliphatic rings. The largest absolute Gasteiger partial charge is 0.445 e. The summed E-state index contributed by atoms with van der Waals surface area (Å²) in [6.07, 6.45) is 4.01. The number of piperidine rings is 1. The van der Waals surface area contributed by atoms with Gasteiger partial charge in [-0.3, -0.25) is 4.79 Å². The van der Waals surface area contributed by atoms with Gasteiger partial charge in [0, 0.05) is 25.2 Å². The summed E-state index contributed by atoms with van der Waals surface area (Å²) >= 11 is 0. The Hall–Kier alpha value is -3.02. The average Bonchev–Trinajstić information content (AvgIpc) is 3.16. The quantitative estimate of drug-likeness (QED) is 0.684. The standard InChI is InChI=1S/C22H22FN3O2/c1-15-5-2-9-20(25-15)22(27)26-10-4-7-17(14-26)21-24-13-19(28-21)12-16-6-3-8-18(23)11-16/h2-3,5-6,8-9,11,13,17H,4,7,10,12,14H2,1H3. The first-order chi connectivity index (χ1) is 13.6. The third-order valence-corrected chi connectivity index (χ3v) is 5.00. The van der Waals surface area contributed by atoms with Crippen molar-refractivity contribution in [1.29, 1.82) is 0 Å². The highest BCUT2D eigenvalue weighted by molar-refractivity contribution is 5.92. The molecule has 0 N–H and O–H groups in total. The molecule has 28 heavy (non-hydrogen) atoms. The number of halogens is 1. The van der Waals surface area contributed by atoms with Crippen LogP contribution in [-0.2, 0) is 6.42 Å². The SMILES string of the molecule is Cc1cccc(C(=O)N2CCCC(c3ncc(Cc4cccc(F)c4)o3)C2)n1. The Bertz CT molecular complexity index is 985. The number of nitrogens with zero attached hydrogens (tertiary/aromatic N) is 3. The predicted octanol–water partition coefficient (Wildman–Crippen LogP) is 4.13. The van der Waals surface area contributed by atoms with Gasteiger partial charge in [0.15, 0.2) is 5.89 Å². The third-order valence-electron chi connectivity index (χ3n) is 5.00. The lowest BCUT2D eigenvalue weighted by Gasteiger charge is -2.31. The molecule has 3 aromatic rings. The topological polar surface area (TPSA) is 59.2 Å². The van der Waals surface area contributed by atoms with E-state index >= 15 is 0 Å². The van der Waals surface area contributed by atoms with E-state index in [0.717, 1.165) is 24.1 Å². The van der Waals surface area contributed by atoms with Gasteiger partial charge in [0.05, 0.1) is 12.1 Å². The van der Waals surface area contributed by atoms with Gasteiger partial charge in [-0.2, -0.15) is 0 Å². The van der Waals surface area contributed by atoms with Crippen LogP contribution in [0, 0.1) is 12.7 Å². The molecule has 3 heterocycles. The van der Waals surface area contributed by atoms with E-state index in [4.69, 9.17) is 4.42 Å². The maximum Gasteiger partial charge on any atom is 0.272 e. The van der Waals surface area contributed by atoms with Crippen molar-refractivity contribution in [1.82, 2.24) is 14.9 Å². The van der Waals surface area contributed by atoms with E-state index in [1.165, 1.54) is 12.1 Å². The summed E-state index contributed by atoms with van der Waals surface area (Å²) in [6.45, 7) is 3.15. The number of amides is 1. The Morgan fingerprint density at radius 2 is 2.14 bits per heavy atom. The maximum atomic E-state index is 13.4. The molecule has 1 aliphatic heterocycles. The molecule has 1 amide bonds. The normalized spacial score (nSPS) is 16.9. The number of rotatable bonds is 4. The summed E-state index contributed by atoms with van der Waals surface area (Å²) in [5, 5.41) is 0. The summed E-state index contributed by atoms with van der Waals surface area (Å²) < 4.78 is 19.3. The molecule has 2 aromatic heterocycles. The van der Waals surface area contributed by atoms with Crippen LogP contribution in [0.2, 0.25) is 0 Å². The number of carbonyl (C=O) groups excluding carboxylic acids is 1. The highest BCUT2D eigenvalue weighted by Crippen LogP contribution is 2.28. The zero-order valence-corrected chi connectivity index (χ0v) is 15.8. The van der Waals surface area contributed by atoms with Crippen LogP contribution in [0.25, 0.3) is 0 Å². The molecule has 1 saturated heterocycles. The number of benzene rings is 1. The summed E-state index contributed by atoms with van der Waals surface area (Å²) in [5.74, 6) is 1.08. The number of likely N-dealkylation sites (tertiary alicyclic amines) is 1. The minimum absolute atomic E-state index is 0.0556. The van der Waals surface area contributed by atoms with E-state index in [0.29, 0.717) is 36.9 Å². The lowest BCUT2D eigenvalue weighted by atomic mass is 9.97. The van der Waals surface area contributed by atoms with Gasteiger partial charge in [0.25, 0.3) is 5.91 Å². The lowest BCUT2D eigenvalue weighted by molar-refractivity contribution is 0.0691. The molecule has 0 aliphatic carbocycles. The van der Waals surface area contributed by atoms with Crippen LogP contribution in [0.4, 0.5) is 4.39 Å². The van der Waals surface area contributed by atoms with Crippen LogP contribution < -0.4 is 0 Å². The Balaban J connectivity index is 1.45. The van der Waals surface area contributed by atoms with E-state index in [1.807, 2.05) is 30.0 Å². The molecule has 6 heteroatoms. The van der Waals surface area contributed by atoms with Gasteiger partial charge < -0.3 is 9.32 Å². The van der Waals surface area contributed by atoms with Gasteiger partial charge in [-0.25, -0.2) is 14.4 Å². The second kappa shape index (κ2) is 7.92. The first kappa shape index (κ1) is 18.3. The molecule has 1 aromatic carbocycles. The minimum Gasteiger partial charge on any atom is -0.445 e. The van der Waals surface area contributed by atoms with Crippen LogP contribution >= 0.6 is 0 Å². The molecule has 144 valence electrons. The van der Waals surface area contributed by atoms with Gasteiger partial charge in [-0.1, -0.05) is 18.2 Å². The van der Waals surface area contributed by atoms with E-state index in [9.17, 15) is 9.18 Å². The number of hydrogen-bond acceptors (Lipinski definition) is 4. The zero-order chi connectivity index (χ0) is 19.5. The second-order valence-electron chi connectivity index (χ2n) is 7.23. The summed E-state index contributed by atoms with van der Waals surface area (Å²) in [4.78, 5) is 23.4. The smallest absolute Gasteiger partial charge is 0.272 e. The van der Waals surface area contributed by atoms with E-state index in [-0.39, 0.29) is 17.6 Å². The minimum atomic E-state index is -0.261. The van der Waals surface area contributed by atoms with E-state index < -0.39 is 0 Å². The van der Waals surface area contributed by atoms with Crippen LogP contribution in [0.5, 0.6) is 0 Å². The predicted molar refractivity (Wildman–Crippen MR) is 103 cm³/mol. The third kappa shape index (κ3) is 4.11. The van der Waals surface area contributed by atoms with Crippen LogP contribution in [0.3, 0.4) is 0 Å². The lowest BCUT2D eigenvalue weighted by Crippen LogP contribution is -2.39. The van der Waals surface area contributed by atoms with Crippen molar-refractivity contribution in [2.45, 2.75) is 32.1 Å². The van der Waals surface area contributed by atoms with Crippen molar-refractivity contribution >= 4 is 5.91 Å². The summed E-state index contributed by atoms with van der Waals surface area (Å²) in [5.41, 5.74) is 2.14. The van der Waals surface area contributed by atoms with E-state index in [2.05, 4.69) is 9.97 Å². The fourth-order valence-electron chi connectivity index (χ4n) is 3.63. The molecule has 0 saturated carbocycles. The molecular weight excluding hydrogens is 357 g/mol.